The van der Waals surface area contributed by atoms with Crippen LogP contribution in [0.15, 0.2) is 76.1 Å². The number of halogens is 1. The highest BCUT2D eigenvalue weighted by atomic mass is 79.9. The Morgan fingerprint density at radius 1 is 1.00 bits per heavy atom. The summed E-state index contributed by atoms with van der Waals surface area (Å²) in [7, 11) is -2.39. The Bertz CT molecular complexity index is 1140. The number of carbonyl (C=O) groups is 1. The van der Waals surface area contributed by atoms with E-state index in [0.717, 1.165) is 15.6 Å². The van der Waals surface area contributed by atoms with E-state index < -0.39 is 10.0 Å². The van der Waals surface area contributed by atoms with Crippen LogP contribution in [0.2, 0.25) is 0 Å². The Kier molecular flexibility index (Phi) is 6.79. The Balaban J connectivity index is 1.80. The minimum absolute atomic E-state index is 0.0110. The summed E-state index contributed by atoms with van der Waals surface area (Å²) in [5, 5.41) is 2.75. The molecule has 0 heterocycles. The summed E-state index contributed by atoms with van der Waals surface area (Å²) in [5.41, 5.74) is 2.68. The molecule has 0 saturated carbocycles. The molecule has 30 heavy (non-hydrogen) atoms. The number of methoxy groups -OCH3 is 1. The number of amides is 1. The molecule has 0 aliphatic heterocycles. The van der Waals surface area contributed by atoms with Crippen molar-refractivity contribution >= 4 is 43.2 Å². The van der Waals surface area contributed by atoms with Crippen molar-refractivity contribution in [2.45, 2.75) is 18.2 Å². The molecular weight excluding hydrogens is 468 g/mol. The molecule has 0 unspecified atom stereocenters. The third-order valence-corrected chi connectivity index (χ3v) is 6.24. The third kappa shape index (κ3) is 5.61. The topological polar surface area (TPSA) is 84.5 Å². The molecule has 1 amide bonds. The van der Waals surface area contributed by atoms with Crippen LogP contribution in [0.3, 0.4) is 0 Å². The standard InChI is InChI=1S/C22H21BrN2O4S/c1-15-3-5-16(6-4-15)13-22(26)24-20-14-19(11-12-21(20)29-2)30(27,28)25-18-9-7-17(23)8-10-18/h3-12,14,25H,13H2,1-2H3,(H,24,26). The van der Waals surface area contributed by atoms with E-state index in [1.165, 1.54) is 25.3 Å². The van der Waals surface area contributed by atoms with Crippen LogP contribution in [0.25, 0.3) is 0 Å². The molecule has 2 N–H and O–H groups in total. The summed E-state index contributed by atoms with van der Waals surface area (Å²) < 4.78 is 34.2. The third-order valence-electron chi connectivity index (χ3n) is 4.34. The van der Waals surface area contributed by atoms with Gasteiger partial charge in [0.25, 0.3) is 10.0 Å². The first-order chi connectivity index (χ1) is 14.3. The normalized spacial score (nSPS) is 11.0. The minimum atomic E-state index is -3.85. The highest BCUT2D eigenvalue weighted by Crippen LogP contribution is 2.29. The highest BCUT2D eigenvalue weighted by molar-refractivity contribution is 9.10. The van der Waals surface area contributed by atoms with Gasteiger partial charge in [-0.1, -0.05) is 45.8 Å². The molecule has 0 aliphatic rings. The van der Waals surface area contributed by atoms with Gasteiger partial charge in [-0.3, -0.25) is 9.52 Å². The van der Waals surface area contributed by atoms with Crippen molar-refractivity contribution in [3.8, 4) is 5.75 Å². The maximum atomic E-state index is 12.8. The van der Waals surface area contributed by atoms with Gasteiger partial charge in [0.1, 0.15) is 5.75 Å². The van der Waals surface area contributed by atoms with Gasteiger partial charge >= 0.3 is 0 Å². The molecule has 0 saturated heterocycles. The van der Waals surface area contributed by atoms with E-state index in [1.54, 1.807) is 24.3 Å². The van der Waals surface area contributed by atoms with Gasteiger partial charge in [0.05, 0.1) is 24.1 Å². The Hall–Kier alpha value is -2.84. The van der Waals surface area contributed by atoms with Crippen LogP contribution in [-0.2, 0) is 21.2 Å². The average molecular weight is 489 g/mol. The van der Waals surface area contributed by atoms with Crippen molar-refractivity contribution < 1.29 is 17.9 Å². The molecule has 0 bridgehead atoms. The van der Waals surface area contributed by atoms with Gasteiger partial charge in [-0.05, 0) is 55.0 Å². The summed E-state index contributed by atoms with van der Waals surface area (Å²) in [6.45, 7) is 1.98. The van der Waals surface area contributed by atoms with Crippen molar-refractivity contribution in [2.75, 3.05) is 17.1 Å². The second kappa shape index (κ2) is 9.32. The summed E-state index contributed by atoms with van der Waals surface area (Å²) in [6, 6.07) is 18.7. The van der Waals surface area contributed by atoms with Crippen molar-refractivity contribution in [2.24, 2.45) is 0 Å². The number of ether oxygens (including phenoxy) is 1. The minimum Gasteiger partial charge on any atom is -0.495 e. The van der Waals surface area contributed by atoms with Crippen LogP contribution in [0, 0.1) is 6.92 Å². The van der Waals surface area contributed by atoms with Crippen molar-refractivity contribution in [3.05, 3.63) is 82.3 Å². The van der Waals surface area contributed by atoms with E-state index in [9.17, 15) is 13.2 Å². The molecule has 8 heteroatoms. The lowest BCUT2D eigenvalue weighted by atomic mass is 10.1. The van der Waals surface area contributed by atoms with Gasteiger partial charge in [0, 0.05) is 10.2 Å². The number of sulfonamides is 1. The van der Waals surface area contributed by atoms with Gasteiger partial charge < -0.3 is 10.1 Å². The maximum Gasteiger partial charge on any atom is 0.261 e. The lowest BCUT2D eigenvalue weighted by Crippen LogP contribution is -2.17. The van der Waals surface area contributed by atoms with Crippen LogP contribution in [-0.4, -0.2) is 21.4 Å². The fourth-order valence-corrected chi connectivity index (χ4v) is 4.12. The lowest BCUT2D eigenvalue weighted by Gasteiger charge is -2.13. The molecule has 3 aromatic rings. The number of hydrogen-bond donors (Lipinski definition) is 2. The van der Waals surface area contributed by atoms with Gasteiger partial charge in [-0.2, -0.15) is 0 Å². The fourth-order valence-electron chi connectivity index (χ4n) is 2.77. The van der Waals surface area contributed by atoms with E-state index in [1.807, 2.05) is 31.2 Å². The van der Waals surface area contributed by atoms with Crippen LogP contribution in [0.4, 0.5) is 11.4 Å². The molecule has 0 aliphatic carbocycles. The average Bonchev–Trinajstić information content (AvgIpc) is 2.71. The molecule has 0 aromatic heterocycles. The molecule has 3 aromatic carbocycles. The number of hydrogen-bond acceptors (Lipinski definition) is 4. The van der Waals surface area contributed by atoms with Crippen LogP contribution < -0.4 is 14.8 Å². The summed E-state index contributed by atoms with van der Waals surface area (Å²) in [6.07, 6.45) is 0.164. The Morgan fingerprint density at radius 2 is 1.67 bits per heavy atom. The molecule has 3 rings (SSSR count). The van der Waals surface area contributed by atoms with Crippen molar-refractivity contribution in [1.29, 1.82) is 0 Å². The number of rotatable bonds is 7. The van der Waals surface area contributed by atoms with Gasteiger partial charge in [-0.15, -0.1) is 0 Å². The summed E-state index contributed by atoms with van der Waals surface area (Å²) in [5.74, 6) is 0.0995. The van der Waals surface area contributed by atoms with Crippen molar-refractivity contribution in [3.63, 3.8) is 0 Å². The summed E-state index contributed by atoms with van der Waals surface area (Å²) in [4.78, 5) is 12.5. The first-order valence-electron chi connectivity index (χ1n) is 9.08. The number of anilines is 2. The second-order valence-corrected chi connectivity index (χ2v) is 9.28. The van der Waals surface area contributed by atoms with E-state index in [4.69, 9.17) is 4.74 Å². The zero-order valence-electron chi connectivity index (χ0n) is 16.5. The maximum absolute atomic E-state index is 12.8. The van der Waals surface area contributed by atoms with Gasteiger partial charge in [-0.25, -0.2) is 8.42 Å². The largest absolute Gasteiger partial charge is 0.495 e. The Morgan fingerprint density at radius 3 is 2.30 bits per heavy atom. The van der Waals surface area contributed by atoms with Gasteiger partial charge in [0.2, 0.25) is 5.91 Å². The monoisotopic (exact) mass is 488 g/mol. The number of carbonyl (C=O) groups excluding carboxylic acids is 1. The van der Waals surface area contributed by atoms with Crippen LogP contribution in [0.5, 0.6) is 5.75 Å². The SMILES string of the molecule is COc1ccc(S(=O)(=O)Nc2ccc(Br)cc2)cc1NC(=O)Cc1ccc(C)cc1. The molecule has 6 nitrogen and oxygen atoms in total. The smallest absolute Gasteiger partial charge is 0.261 e. The quantitative estimate of drug-likeness (QED) is 0.502. The predicted molar refractivity (Wildman–Crippen MR) is 121 cm³/mol. The fraction of sp³-hybridized carbons (Fsp3) is 0.136. The van der Waals surface area contributed by atoms with E-state index in [0.29, 0.717) is 11.4 Å². The molecule has 156 valence electrons. The highest BCUT2D eigenvalue weighted by Gasteiger charge is 2.18. The first-order valence-corrected chi connectivity index (χ1v) is 11.4. The van der Waals surface area contributed by atoms with E-state index in [-0.39, 0.29) is 22.9 Å². The van der Waals surface area contributed by atoms with Crippen LogP contribution in [0.1, 0.15) is 11.1 Å². The van der Waals surface area contributed by atoms with E-state index in [2.05, 4.69) is 26.0 Å². The lowest BCUT2D eigenvalue weighted by molar-refractivity contribution is -0.115. The first kappa shape index (κ1) is 21.9. The second-order valence-electron chi connectivity index (χ2n) is 6.69. The van der Waals surface area contributed by atoms with Crippen molar-refractivity contribution in [1.82, 2.24) is 0 Å². The zero-order chi connectivity index (χ0) is 21.7. The van der Waals surface area contributed by atoms with Gasteiger partial charge in [0.15, 0.2) is 0 Å². The number of nitrogens with one attached hydrogen (secondary N) is 2. The molecule has 0 atom stereocenters. The molecule has 0 radical (unpaired) electrons. The molecular formula is C22H21BrN2O4S. The number of aryl methyl sites for hydroxylation is 1. The Labute approximate surface area is 184 Å². The molecule has 0 fully saturated rings. The molecule has 0 spiro atoms. The predicted octanol–water partition coefficient (Wildman–Crippen LogP) is 4.75. The van der Waals surface area contributed by atoms with Crippen LogP contribution >= 0.6 is 15.9 Å². The number of benzene rings is 3. The summed E-state index contributed by atoms with van der Waals surface area (Å²) >= 11 is 3.31. The van der Waals surface area contributed by atoms with E-state index >= 15 is 0 Å². The zero-order valence-corrected chi connectivity index (χ0v) is 18.9.